The van der Waals surface area contributed by atoms with Crippen LogP contribution < -0.4 is 23.8 Å². The molecule has 3 aromatic rings. The summed E-state index contributed by atoms with van der Waals surface area (Å²) in [5.74, 6) is 0.171. The number of halogens is 2. The zero-order chi connectivity index (χ0) is 33.3. The van der Waals surface area contributed by atoms with Gasteiger partial charge in [-0.3, -0.25) is 13.9 Å². The summed E-state index contributed by atoms with van der Waals surface area (Å²) in [6, 6.07) is 14.4. The second kappa shape index (κ2) is 16.1. The van der Waals surface area contributed by atoms with E-state index in [-0.39, 0.29) is 28.8 Å². The lowest BCUT2D eigenvalue weighted by molar-refractivity contribution is -0.139. The lowest BCUT2D eigenvalue weighted by Gasteiger charge is -2.32. The van der Waals surface area contributed by atoms with Crippen molar-refractivity contribution in [3.63, 3.8) is 0 Å². The van der Waals surface area contributed by atoms with Gasteiger partial charge in [-0.2, -0.15) is 0 Å². The third kappa shape index (κ3) is 8.96. The molecule has 0 radical (unpaired) electrons. The minimum absolute atomic E-state index is 0.134. The molecule has 45 heavy (non-hydrogen) atoms. The molecule has 0 aliphatic carbocycles. The first-order valence-corrected chi connectivity index (χ1v) is 16.5. The normalized spacial score (nSPS) is 11.9. The maximum Gasteiger partial charge on any atom is 0.264 e. The van der Waals surface area contributed by atoms with Crippen molar-refractivity contribution < 1.29 is 32.2 Å². The summed E-state index contributed by atoms with van der Waals surface area (Å²) < 4.78 is 45.6. The van der Waals surface area contributed by atoms with Gasteiger partial charge in [-0.25, -0.2) is 8.42 Å². The standard InChI is InChI=1S/C32H39Cl2N3O7S/c1-7-44-24-13-11-23(12-14-24)37(45(40,41)25-15-16-29(42-5)30(17-25)43-6)20-31(38)36(22(4)32(39)35-18-21(2)3)19-26-27(33)9-8-10-28(26)34/h8-17,21-22H,7,18-20H2,1-6H3,(H,35,39). The molecule has 0 spiro atoms. The summed E-state index contributed by atoms with van der Waals surface area (Å²) in [6.07, 6.45) is 0. The maximum atomic E-state index is 14.2. The van der Waals surface area contributed by atoms with E-state index in [9.17, 15) is 18.0 Å². The lowest BCUT2D eigenvalue weighted by atomic mass is 10.1. The number of methoxy groups -OCH3 is 2. The minimum atomic E-state index is -4.37. The monoisotopic (exact) mass is 679 g/mol. The Hall–Kier alpha value is -3.67. The van der Waals surface area contributed by atoms with E-state index in [4.69, 9.17) is 37.4 Å². The largest absolute Gasteiger partial charge is 0.494 e. The van der Waals surface area contributed by atoms with E-state index < -0.39 is 34.4 Å². The van der Waals surface area contributed by atoms with Crippen LogP contribution in [0.5, 0.6) is 17.2 Å². The number of ether oxygens (including phenoxy) is 3. The molecule has 0 heterocycles. The Morgan fingerprint density at radius 3 is 2.09 bits per heavy atom. The highest BCUT2D eigenvalue weighted by molar-refractivity contribution is 7.92. The molecule has 0 saturated heterocycles. The van der Waals surface area contributed by atoms with Crippen molar-refractivity contribution in [2.75, 3.05) is 38.2 Å². The predicted octanol–water partition coefficient (Wildman–Crippen LogP) is 5.79. The summed E-state index contributed by atoms with van der Waals surface area (Å²) in [7, 11) is -1.53. The fourth-order valence-corrected chi connectivity index (χ4v) is 6.34. The summed E-state index contributed by atoms with van der Waals surface area (Å²) in [5, 5.41) is 3.45. The van der Waals surface area contributed by atoms with Crippen molar-refractivity contribution in [1.29, 1.82) is 0 Å². The van der Waals surface area contributed by atoms with E-state index in [0.29, 0.717) is 40.3 Å². The SMILES string of the molecule is CCOc1ccc(N(CC(=O)N(Cc2c(Cl)cccc2Cl)C(C)C(=O)NCC(C)C)S(=O)(=O)c2ccc(OC)c(OC)c2)cc1. The number of rotatable bonds is 15. The van der Waals surface area contributed by atoms with Crippen molar-refractivity contribution >= 4 is 50.7 Å². The molecule has 0 aromatic heterocycles. The van der Waals surface area contributed by atoms with E-state index in [1.807, 2.05) is 20.8 Å². The first-order valence-electron chi connectivity index (χ1n) is 14.3. The Morgan fingerprint density at radius 2 is 1.53 bits per heavy atom. The number of nitrogens with one attached hydrogen (secondary N) is 1. The van der Waals surface area contributed by atoms with Crippen molar-refractivity contribution in [1.82, 2.24) is 10.2 Å². The molecule has 1 unspecified atom stereocenters. The summed E-state index contributed by atoms with van der Waals surface area (Å²) in [5.41, 5.74) is 0.627. The fraction of sp³-hybridized carbons (Fsp3) is 0.375. The van der Waals surface area contributed by atoms with Crippen LogP contribution in [0.3, 0.4) is 0 Å². The second-order valence-electron chi connectivity index (χ2n) is 10.5. The van der Waals surface area contributed by atoms with Crippen LogP contribution >= 0.6 is 23.2 Å². The van der Waals surface area contributed by atoms with Crippen LogP contribution in [0, 0.1) is 5.92 Å². The van der Waals surface area contributed by atoms with Crippen molar-refractivity contribution in [3.05, 3.63) is 76.3 Å². The Balaban J connectivity index is 2.10. The molecule has 13 heteroatoms. The Bertz CT molecular complexity index is 1560. The van der Waals surface area contributed by atoms with Crippen LogP contribution in [0.25, 0.3) is 0 Å². The molecule has 3 aromatic carbocycles. The van der Waals surface area contributed by atoms with Gasteiger partial charge in [0.25, 0.3) is 10.0 Å². The highest BCUT2D eigenvalue weighted by Gasteiger charge is 2.33. The van der Waals surface area contributed by atoms with Gasteiger partial charge in [-0.15, -0.1) is 0 Å². The number of sulfonamides is 1. The first-order chi connectivity index (χ1) is 21.3. The minimum Gasteiger partial charge on any atom is -0.494 e. The summed E-state index contributed by atoms with van der Waals surface area (Å²) in [6.45, 7) is 7.33. The van der Waals surface area contributed by atoms with E-state index in [1.165, 1.54) is 37.3 Å². The Kier molecular flexibility index (Phi) is 12.8. The molecule has 3 rings (SSSR count). The third-order valence-electron chi connectivity index (χ3n) is 6.90. The topological polar surface area (TPSA) is 114 Å². The molecule has 0 bridgehead atoms. The van der Waals surface area contributed by atoms with Crippen molar-refractivity contribution in [2.45, 2.75) is 45.2 Å². The van der Waals surface area contributed by atoms with E-state index in [0.717, 1.165) is 4.31 Å². The van der Waals surface area contributed by atoms with Crippen LogP contribution in [0.15, 0.2) is 65.6 Å². The predicted molar refractivity (Wildman–Crippen MR) is 176 cm³/mol. The number of carbonyl (C=O) groups is 2. The zero-order valence-corrected chi connectivity index (χ0v) is 28.5. The molecule has 0 saturated carbocycles. The van der Waals surface area contributed by atoms with Crippen LogP contribution in [0.4, 0.5) is 5.69 Å². The van der Waals surface area contributed by atoms with Gasteiger partial charge in [0.2, 0.25) is 11.8 Å². The third-order valence-corrected chi connectivity index (χ3v) is 9.38. The highest BCUT2D eigenvalue weighted by atomic mass is 35.5. The van der Waals surface area contributed by atoms with Crippen molar-refractivity contribution in [3.8, 4) is 17.2 Å². The van der Waals surface area contributed by atoms with Gasteiger partial charge < -0.3 is 24.4 Å². The first kappa shape index (κ1) is 35.8. The molecule has 1 atom stereocenters. The number of hydrogen-bond acceptors (Lipinski definition) is 7. The molecule has 0 aliphatic rings. The molecule has 0 fully saturated rings. The van der Waals surface area contributed by atoms with Crippen LogP contribution in [-0.4, -0.2) is 65.1 Å². The lowest BCUT2D eigenvalue weighted by Crippen LogP contribution is -2.51. The molecule has 2 amide bonds. The number of amides is 2. The average Bonchev–Trinajstić information content (AvgIpc) is 3.02. The van der Waals surface area contributed by atoms with Gasteiger partial charge in [-0.1, -0.05) is 43.1 Å². The zero-order valence-electron chi connectivity index (χ0n) is 26.2. The number of anilines is 1. The molecular weight excluding hydrogens is 641 g/mol. The van der Waals surface area contributed by atoms with Gasteiger partial charge in [0.05, 0.1) is 31.4 Å². The van der Waals surface area contributed by atoms with E-state index in [2.05, 4.69) is 5.32 Å². The second-order valence-corrected chi connectivity index (χ2v) is 13.2. The van der Waals surface area contributed by atoms with Crippen LogP contribution in [0.2, 0.25) is 10.0 Å². The Morgan fingerprint density at radius 1 is 0.911 bits per heavy atom. The van der Waals surface area contributed by atoms with Gasteiger partial charge in [-0.05, 0) is 68.3 Å². The Labute approximate surface area is 275 Å². The molecule has 0 aliphatic heterocycles. The molecule has 244 valence electrons. The summed E-state index contributed by atoms with van der Waals surface area (Å²) in [4.78, 5) is 28.5. The highest BCUT2D eigenvalue weighted by Crippen LogP contribution is 2.33. The molecule has 10 nitrogen and oxygen atoms in total. The smallest absolute Gasteiger partial charge is 0.264 e. The average molecular weight is 681 g/mol. The number of nitrogens with zero attached hydrogens (tertiary/aromatic N) is 2. The van der Waals surface area contributed by atoms with E-state index >= 15 is 0 Å². The van der Waals surface area contributed by atoms with Crippen LogP contribution in [0.1, 0.15) is 33.3 Å². The van der Waals surface area contributed by atoms with Gasteiger partial charge in [0.15, 0.2) is 11.5 Å². The number of hydrogen-bond donors (Lipinski definition) is 1. The van der Waals surface area contributed by atoms with E-state index in [1.54, 1.807) is 49.4 Å². The maximum absolute atomic E-state index is 14.2. The van der Waals surface area contributed by atoms with Gasteiger partial charge in [0.1, 0.15) is 18.3 Å². The summed E-state index contributed by atoms with van der Waals surface area (Å²) >= 11 is 12.9. The van der Waals surface area contributed by atoms with Crippen LogP contribution in [-0.2, 0) is 26.2 Å². The van der Waals surface area contributed by atoms with Gasteiger partial charge in [0, 0.05) is 34.8 Å². The van der Waals surface area contributed by atoms with Gasteiger partial charge >= 0.3 is 0 Å². The quantitative estimate of drug-likeness (QED) is 0.216. The fourth-order valence-electron chi connectivity index (χ4n) is 4.40. The number of carbonyl (C=O) groups excluding carboxylic acids is 2. The number of benzene rings is 3. The van der Waals surface area contributed by atoms with Crippen molar-refractivity contribution in [2.24, 2.45) is 5.92 Å². The molecular formula is C32H39Cl2N3O7S. The molecule has 1 N–H and O–H groups in total.